The Morgan fingerprint density at radius 1 is 1.64 bits per heavy atom. The number of nitrogens with two attached hydrogens (primary N) is 2. The molecular formula is C8H11BrN4O. The third-order valence-corrected chi connectivity index (χ3v) is 2.03. The summed E-state index contributed by atoms with van der Waals surface area (Å²) in [5, 5.41) is 2.95. The second kappa shape index (κ2) is 4.92. The predicted octanol–water partition coefficient (Wildman–Crippen LogP) is 0.0686. The highest BCUT2D eigenvalue weighted by atomic mass is 79.9. The largest absolute Gasteiger partial charge is 0.382 e. The molecule has 1 aromatic rings. The number of hydrogen-bond acceptors (Lipinski definition) is 4. The molecule has 0 aromatic carbocycles. The van der Waals surface area contributed by atoms with Crippen molar-refractivity contribution < 1.29 is 4.79 Å². The van der Waals surface area contributed by atoms with E-state index in [0.29, 0.717) is 6.54 Å². The summed E-state index contributed by atoms with van der Waals surface area (Å²) in [7, 11) is 0. The minimum atomic E-state index is -0.686. The normalized spacial score (nSPS) is 12.1. The number of carbonyl (C=O) groups is 1. The van der Waals surface area contributed by atoms with E-state index in [1.54, 1.807) is 12.4 Å². The van der Waals surface area contributed by atoms with Crippen LogP contribution in [0.2, 0.25) is 0 Å². The molecule has 5 N–H and O–H groups in total. The summed E-state index contributed by atoms with van der Waals surface area (Å²) in [6.07, 6.45) is 3.30. The zero-order valence-electron chi connectivity index (χ0n) is 7.40. The van der Waals surface area contributed by atoms with E-state index in [9.17, 15) is 4.79 Å². The average molecular weight is 259 g/mol. The van der Waals surface area contributed by atoms with E-state index in [4.69, 9.17) is 11.5 Å². The van der Waals surface area contributed by atoms with Gasteiger partial charge in [0, 0.05) is 17.2 Å². The molecule has 0 spiro atoms. The second-order valence-electron chi connectivity index (χ2n) is 2.78. The molecule has 1 unspecified atom stereocenters. The highest BCUT2D eigenvalue weighted by Crippen LogP contribution is 2.13. The molecule has 0 aliphatic carbocycles. The number of halogens is 1. The summed E-state index contributed by atoms with van der Waals surface area (Å²) >= 11 is 3.27. The summed E-state index contributed by atoms with van der Waals surface area (Å²) < 4.78 is 0.857. The van der Waals surface area contributed by atoms with Crippen molar-refractivity contribution >= 4 is 27.5 Å². The van der Waals surface area contributed by atoms with Crippen molar-refractivity contribution in [1.29, 1.82) is 0 Å². The number of primary amides is 1. The molecule has 0 saturated heterocycles. The Morgan fingerprint density at radius 2 is 2.36 bits per heavy atom. The third kappa shape index (κ3) is 3.31. The van der Waals surface area contributed by atoms with Crippen LogP contribution in [-0.2, 0) is 4.79 Å². The Hall–Kier alpha value is -1.14. The van der Waals surface area contributed by atoms with Gasteiger partial charge in [0.2, 0.25) is 5.91 Å². The number of nitrogens with one attached hydrogen (secondary N) is 1. The SMILES string of the molecule is NC(=O)C(N)CNc1cncc(Br)c1. The van der Waals surface area contributed by atoms with Gasteiger partial charge in [-0.1, -0.05) is 0 Å². The standard InChI is InChI=1S/C8H11BrN4O/c9-5-1-6(3-12-2-5)13-4-7(10)8(11)14/h1-3,7,13H,4,10H2,(H2,11,14). The smallest absolute Gasteiger partial charge is 0.236 e. The van der Waals surface area contributed by atoms with Gasteiger partial charge in [-0.3, -0.25) is 9.78 Å². The second-order valence-corrected chi connectivity index (χ2v) is 3.70. The Bertz CT molecular complexity index is 331. The van der Waals surface area contributed by atoms with E-state index < -0.39 is 11.9 Å². The molecule has 0 fully saturated rings. The van der Waals surface area contributed by atoms with Gasteiger partial charge in [0.1, 0.15) is 6.04 Å². The van der Waals surface area contributed by atoms with Gasteiger partial charge >= 0.3 is 0 Å². The van der Waals surface area contributed by atoms with Crippen molar-refractivity contribution in [2.75, 3.05) is 11.9 Å². The van der Waals surface area contributed by atoms with Crippen LogP contribution in [0.15, 0.2) is 22.9 Å². The van der Waals surface area contributed by atoms with Gasteiger partial charge in [0.25, 0.3) is 0 Å². The maximum atomic E-state index is 10.6. The maximum absolute atomic E-state index is 10.6. The molecule has 1 aromatic heterocycles. The Balaban J connectivity index is 2.49. The maximum Gasteiger partial charge on any atom is 0.236 e. The van der Waals surface area contributed by atoms with Crippen LogP contribution in [0.25, 0.3) is 0 Å². The van der Waals surface area contributed by atoms with Gasteiger partial charge < -0.3 is 16.8 Å². The molecule has 6 heteroatoms. The van der Waals surface area contributed by atoms with E-state index in [1.165, 1.54) is 0 Å². The van der Waals surface area contributed by atoms with Crippen LogP contribution in [0, 0.1) is 0 Å². The van der Waals surface area contributed by atoms with E-state index in [-0.39, 0.29) is 0 Å². The summed E-state index contributed by atoms with van der Waals surface area (Å²) in [4.78, 5) is 14.6. The molecule has 1 atom stereocenters. The van der Waals surface area contributed by atoms with Crippen LogP contribution in [0.4, 0.5) is 5.69 Å². The molecule has 1 amide bonds. The third-order valence-electron chi connectivity index (χ3n) is 1.60. The molecule has 0 radical (unpaired) electrons. The fourth-order valence-corrected chi connectivity index (χ4v) is 1.20. The number of amides is 1. The molecule has 1 heterocycles. The number of nitrogens with zero attached hydrogens (tertiary/aromatic N) is 1. The Labute approximate surface area is 90.0 Å². The monoisotopic (exact) mass is 258 g/mol. The van der Waals surface area contributed by atoms with Crippen LogP contribution in [0.3, 0.4) is 0 Å². The Kier molecular flexibility index (Phi) is 3.84. The topological polar surface area (TPSA) is 94.0 Å². The number of aromatic nitrogens is 1. The van der Waals surface area contributed by atoms with Crippen LogP contribution < -0.4 is 16.8 Å². The quantitative estimate of drug-likeness (QED) is 0.713. The predicted molar refractivity (Wildman–Crippen MR) is 57.6 cm³/mol. The molecule has 5 nitrogen and oxygen atoms in total. The van der Waals surface area contributed by atoms with Gasteiger partial charge in [0.15, 0.2) is 0 Å². The van der Waals surface area contributed by atoms with Crippen molar-refractivity contribution in [3.05, 3.63) is 22.9 Å². The summed E-state index contributed by atoms with van der Waals surface area (Å²) in [6, 6.07) is 1.15. The zero-order chi connectivity index (χ0) is 10.6. The number of carbonyl (C=O) groups excluding carboxylic acids is 1. The lowest BCUT2D eigenvalue weighted by Crippen LogP contribution is -2.41. The van der Waals surface area contributed by atoms with Crippen LogP contribution in [0.1, 0.15) is 0 Å². The van der Waals surface area contributed by atoms with Crippen molar-refractivity contribution in [3.8, 4) is 0 Å². The number of hydrogen-bond donors (Lipinski definition) is 3. The molecular weight excluding hydrogens is 248 g/mol. The van der Waals surface area contributed by atoms with Gasteiger partial charge in [-0.25, -0.2) is 0 Å². The first kappa shape index (κ1) is 10.9. The van der Waals surface area contributed by atoms with E-state index in [1.807, 2.05) is 6.07 Å². The lowest BCUT2D eigenvalue weighted by atomic mass is 10.3. The van der Waals surface area contributed by atoms with Crippen molar-refractivity contribution in [3.63, 3.8) is 0 Å². The highest BCUT2D eigenvalue weighted by molar-refractivity contribution is 9.10. The lowest BCUT2D eigenvalue weighted by molar-refractivity contribution is -0.118. The highest BCUT2D eigenvalue weighted by Gasteiger charge is 2.07. The fourth-order valence-electron chi connectivity index (χ4n) is 0.837. The first-order valence-electron chi connectivity index (χ1n) is 3.99. The first-order valence-corrected chi connectivity index (χ1v) is 4.78. The molecule has 1 rings (SSSR count). The van der Waals surface area contributed by atoms with E-state index in [0.717, 1.165) is 10.2 Å². The molecule has 0 bridgehead atoms. The average Bonchev–Trinajstić information content (AvgIpc) is 2.14. The van der Waals surface area contributed by atoms with E-state index >= 15 is 0 Å². The summed E-state index contributed by atoms with van der Waals surface area (Å²) in [5.74, 6) is -0.527. The molecule has 0 aliphatic heterocycles. The molecule has 0 saturated carbocycles. The fraction of sp³-hybridized carbons (Fsp3) is 0.250. The summed E-state index contributed by atoms with van der Waals surface area (Å²) in [6.45, 7) is 0.299. The minimum absolute atomic E-state index is 0.299. The number of pyridine rings is 1. The van der Waals surface area contributed by atoms with Crippen LogP contribution in [0.5, 0.6) is 0 Å². The van der Waals surface area contributed by atoms with Gasteiger partial charge in [-0.05, 0) is 22.0 Å². The first-order chi connectivity index (χ1) is 6.59. The minimum Gasteiger partial charge on any atom is -0.382 e. The zero-order valence-corrected chi connectivity index (χ0v) is 8.99. The lowest BCUT2D eigenvalue weighted by Gasteiger charge is -2.09. The molecule has 0 aliphatic rings. The number of anilines is 1. The van der Waals surface area contributed by atoms with Crippen LogP contribution in [-0.4, -0.2) is 23.5 Å². The summed E-state index contributed by atoms with van der Waals surface area (Å²) in [5.41, 5.74) is 11.2. The molecule has 76 valence electrons. The number of rotatable bonds is 4. The molecule has 14 heavy (non-hydrogen) atoms. The van der Waals surface area contributed by atoms with E-state index in [2.05, 4.69) is 26.2 Å². The van der Waals surface area contributed by atoms with Gasteiger partial charge in [0.05, 0.1) is 11.9 Å². The Morgan fingerprint density at radius 3 is 2.93 bits per heavy atom. The van der Waals surface area contributed by atoms with Crippen molar-refractivity contribution in [2.45, 2.75) is 6.04 Å². The van der Waals surface area contributed by atoms with Crippen LogP contribution >= 0.6 is 15.9 Å². The van der Waals surface area contributed by atoms with Gasteiger partial charge in [-0.2, -0.15) is 0 Å². The van der Waals surface area contributed by atoms with Crippen molar-refractivity contribution in [1.82, 2.24) is 4.98 Å². The van der Waals surface area contributed by atoms with Crippen molar-refractivity contribution in [2.24, 2.45) is 11.5 Å². The van der Waals surface area contributed by atoms with Gasteiger partial charge in [-0.15, -0.1) is 0 Å².